The average Bonchev–Trinajstić information content (AvgIpc) is 2.87. The van der Waals surface area contributed by atoms with E-state index in [4.69, 9.17) is 9.47 Å². The first-order chi connectivity index (χ1) is 9.31. The van der Waals surface area contributed by atoms with Crippen molar-refractivity contribution in [3.05, 3.63) is 18.2 Å². The van der Waals surface area contributed by atoms with Crippen molar-refractivity contribution in [3.8, 4) is 11.5 Å². The largest absolute Gasteiger partial charge is 0.454 e. The second-order valence-corrected chi connectivity index (χ2v) is 6.05. The van der Waals surface area contributed by atoms with Crippen LogP contribution < -0.4 is 14.8 Å². The maximum Gasteiger partial charge on any atom is 0.231 e. The van der Waals surface area contributed by atoms with Crippen LogP contribution in [0.1, 0.15) is 19.3 Å². The van der Waals surface area contributed by atoms with Gasteiger partial charge >= 0.3 is 0 Å². The minimum absolute atomic E-state index is 0.0892. The van der Waals surface area contributed by atoms with E-state index in [-0.39, 0.29) is 12.7 Å². The quantitative estimate of drug-likeness (QED) is 0.924. The van der Waals surface area contributed by atoms with Crippen LogP contribution in [0.25, 0.3) is 0 Å². The number of carbonyl (C=O) groups is 1. The molecule has 1 atom stereocenters. The second kappa shape index (κ2) is 5.74. The Morgan fingerprint density at radius 1 is 1.37 bits per heavy atom. The van der Waals surface area contributed by atoms with E-state index in [2.05, 4.69) is 5.32 Å². The topological polar surface area (TPSA) is 47.6 Å². The molecule has 5 heteroatoms. The predicted molar refractivity (Wildman–Crippen MR) is 75.9 cm³/mol. The summed E-state index contributed by atoms with van der Waals surface area (Å²) in [5.74, 6) is 4.39. The molecule has 1 aromatic rings. The summed E-state index contributed by atoms with van der Waals surface area (Å²) in [7, 11) is 0. The number of amides is 1. The number of benzene rings is 1. The molecule has 3 rings (SSSR count). The highest BCUT2D eigenvalue weighted by molar-refractivity contribution is 7.99. The van der Waals surface area contributed by atoms with Gasteiger partial charge in [0.25, 0.3) is 0 Å². The minimum Gasteiger partial charge on any atom is -0.454 e. The molecule has 102 valence electrons. The maximum atomic E-state index is 12.0. The molecule has 19 heavy (non-hydrogen) atoms. The molecule has 1 N–H and O–H groups in total. The highest BCUT2D eigenvalue weighted by Crippen LogP contribution is 2.34. The number of nitrogens with one attached hydrogen (secondary N) is 1. The number of anilines is 1. The molecule has 0 saturated carbocycles. The van der Waals surface area contributed by atoms with Gasteiger partial charge in [-0.1, -0.05) is 0 Å². The molecule has 2 aliphatic heterocycles. The Morgan fingerprint density at radius 3 is 3.11 bits per heavy atom. The summed E-state index contributed by atoms with van der Waals surface area (Å²) < 4.78 is 10.5. The number of ether oxygens (including phenoxy) is 2. The van der Waals surface area contributed by atoms with E-state index in [1.54, 1.807) is 0 Å². The molecule has 0 radical (unpaired) electrons. The molecule has 4 nitrogen and oxygen atoms in total. The molecule has 1 fully saturated rings. The van der Waals surface area contributed by atoms with Gasteiger partial charge in [0.05, 0.1) is 0 Å². The standard InChI is InChI=1S/C14H17NO3S/c16-14(6-10-2-1-5-19-8-10)15-11-3-4-12-13(7-11)18-9-17-12/h3-4,7,10H,1-2,5-6,8-9H2,(H,15,16). The molecule has 0 aromatic heterocycles. The number of carbonyl (C=O) groups excluding carboxylic acids is 1. The Kier molecular flexibility index (Phi) is 3.82. The molecule has 0 spiro atoms. The molecule has 1 saturated heterocycles. The Morgan fingerprint density at radius 2 is 2.26 bits per heavy atom. The van der Waals surface area contributed by atoms with Crippen LogP contribution in [0, 0.1) is 5.92 Å². The second-order valence-electron chi connectivity index (χ2n) is 4.90. The summed E-state index contributed by atoms with van der Waals surface area (Å²) in [6.45, 7) is 0.256. The van der Waals surface area contributed by atoms with Crippen LogP contribution in [-0.2, 0) is 4.79 Å². The lowest BCUT2D eigenvalue weighted by Gasteiger charge is -2.20. The van der Waals surface area contributed by atoms with Gasteiger partial charge in [0.2, 0.25) is 12.7 Å². The van der Waals surface area contributed by atoms with Crippen molar-refractivity contribution in [3.63, 3.8) is 0 Å². The average molecular weight is 279 g/mol. The zero-order valence-corrected chi connectivity index (χ0v) is 11.5. The highest BCUT2D eigenvalue weighted by Gasteiger charge is 2.18. The van der Waals surface area contributed by atoms with E-state index < -0.39 is 0 Å². The van der Waals surface area contributed by atoms with Crippen molar-refractivity contribution in [1.82, 2.24) is 0 Å². The fourth-order valence-electron chi connectivity index (χ4n) is 2.42. The summed E-state index contributed by atoms with van der Waals surface area (Å²) >= 11 is 1.95. The molecule has 0 aliphatic carbocycles. The zero-order valence-electron chi connectivity index (χ0n) is 10.7. The van der Waals surface area contributed by atoms with E-state index >= 15 is 0 Å². The molecule has 1 amide bonds. The lowest BCUT2D eigenvalue weighted by Crippen LogP contribution is -2.20. The van der Waals surface area contributed by atoms with E-state index in [0.717, 1.165) is 17.2 Å². The molecular formula is C14H17NO3S. The van der Waals surface area contributed by atoms with E-state index in [1.165, 1.54) is 18.6 Å². The summed E-state index contributed by atoms with van der Waals surface area (Å²) in [5.41, 5.74) is 0.776. The lowest BCUT2D eigenvalue weighted by molar-refractivity contribution is -0.117. The third-order valence-corrected chi connectivity index (χ3v) is 4.67. The molecule has 0 bridgehead atoms. The fourth-order valence-corrected chi connectivity index (χ4v) is 3.57. The van der Waals surface area contributed by atoms with E-state index in [9.17, 15) is 4.79 Å². The Balaban J connectivity index is 1.56. The summed E-state index contributed by atoms with van der Waals surface area (Å²) in [4.78, 5) is 12.0. The third-order valence-electron chi connectivity index (χ3n) is 3.38. The maximum absolute atomic E-state index is 12.0. The van der Waals surface area contributed by atoms with Crippen molar-refractivity contribution in [2.75, 3.05) is 23.6 Å². The Labute approximate surface area is 116 Å². The predicted octanol–water partition coefficient (Wildman–Crippen LogP) is 2.89. The minimum atomic E-state index is 0.0892. The van der Waals surface area contributed by atoms with Gasteiger partial charge in [-0.2, -0.15) is 11.8 Å². The Bertz CT molecular complexity index is 472. The first-order valence-electron chi connectivity index (χ1n) is 6.58. The molecule has 1 aromatic carbocycles. The monoisotopic (exact) mass is 279 g/mol. The van der Waals surface area contributed by atoms with Gasteiger partial charge in [0.1, 0.15) is 0 Å². The van der Waals surface area contributed by atoms with Crippen molar-refractivity contribution in [2.24, 2.45) is 5.92 Å². The Hall–Kier alpha value is -1.36. The smallest absolute Gasteiger partial charge is 0.231 e. The fraction of sp³-hybridized carbons (Fsp3) is 0.500. The van der Waals surface area contributed by atoms with Gasteiger partial charge < -0.3 is 14.8 Å². The van der Waals surface area contributed by atoms with Gasteiger partial charge in [0, 0.05) is 18.2 Å². The van der Waals surface area contributed by atoms with Gasteiger partial charge in [-0.3, -0.25) is 4.79 Å². The number of rotatable bonds is 3. The van der Waals surface area contributed by atoms with Crippen LogP contribution in [0.15, 0.2) is 18.2 Å². The van der Waals surface area contributed by atoms with Crippen LogP contribution in [0.5, 0.6) is 11.5 Å². The van der Waals surface area contributed by atoms with Crippen LogP contribution in [0.3, 0.4) is 0 Å². The third kappa shape index (κ3) is 3.15. The normalized spacial score (nSPS) is 21.2. The van der Waals surface area contributed by atoms with Crippen molar-refractivity contribution < 1.29 is 14.3 Å². The summed E-state index contributed by atoms with van der Waals surface area (Å²) in [6.07, 6.45) is 3.01. The molecule has 1 unspecified atom stereocenters. The summed E-state index contributed by atoms with van der Waals surface area (Å²) in [5, 5.41) is 2.94. The van der Waals surface area contributed by atoms with Gasteiger partial charge in [-0.15, -0.1) is 0 Å². The van der Waals surface area contributed by atoms with Gasteiger partial charge in [0.15, 0.2) is 11.5 Å². The van der Waals surface area contributed by atoms with Crippen molar-refractivity contribution in [1.29, 1.82) is 0 Å². The molecule has 2 heterocycles. The molecule has 2 aliphatic rings. The van der Waals surface area contributed by atoms with Crippen molar-refractivity contribution in [2.45, 2.75) is 19.3 Å². The number of fused-ring (bicyclic) bond motifs is 1. The highest BCUT2D eigenvalue weighted by atomic mass is 32.2. The van der Waals surface area contributed by atoms with Crippen LogP contribution in [0.2, 0.25) is 0 Å². The van der Waals surface area contributed by atoms with Gasteiger partial charge in [-0.25, -0.2) is 0 Å². The lowest BCUT2D eigenvalue weighted by atomic mass is 10.0. The van der Waals surface area contributed by atoms with E-state index in [1.807, 2.05) is 30.0 Å². The summed E-state index contributed by atoms with van der Waals surface area (Å²) in [6, 6.07) is 5.49. The first-order valence-corrected chi connectivity index (χ1v) is 7.74. The number of hydrogen-bond acceptors (Lipinski definition) is 4. The SMILES string of the molecule is O=C(CC1CCCSC1)Nc1ccc2c(c1)OCO2. The molecular weight excluding hydrogens is 262 g/mol. The van der Waals surface area contributed by atoms with Gasteiger partial charge in [-0.05, 0) is 42.4 Å². The zero-order chi connectivity index (χ0) is 13.1. The van der Waals surface area contributed by atoms with Crippen molar-refractivity contribution >= 4 is 23.4 Å². The van der Waals surface area contributed by atoms with Crippen LogP contribution >= 0.6 is 11.8 Å². The number of hydrogen-bond donors (Lipinski definition) is 1. The van der Waals surface area contributed by atoms with Crippen LogP contribution in [-0.4, -0.2) is 24.2 Å². The van der Waals surface area contributed by atoms with Crippen LogP contribution in [0.4, 0.5) is 5.69 Å². The number of thioether (sulfide) groups is 1. The van der Waals surface area contributed by atoms with E-state index in [0.29, 0.717) is 18.1 Å². The first kappa shape index (κ1) is 12.7.